The number of hydrogen-bond acceptors (Lipinski definition) is 5. The van der Waals surface area contributed by atoms with Crippen molar-refractivity contribution in [1.29, 1.82) is 0 Å². The van der Waals surface area contributed by atoms with Gasteiger partial charge >= 0.3 is 0 Å². The number of ether oxygens (including phenoxy) is 1. The third-order valence-electron chi connectivity index (χ3n) is 4.53. The maximum atomic E-state index is 12.9. The van der Waals surface area contributed by atoms with Gasteiger partial charge in [-0.05, 0) is 30.3 Å². The maximum Gasteiger partial charge on any atom is 0.265 e. The minimum absolute atomic E-state index is 0.0330. The number of anilines is 2. The number of methoxy groups -OCH3 is 1. The van der Waals surface area contributed by atoms with Crippen LogP contribution in [-0.4, -0.2) is 27.2 Å². The summed E-state index contributed by atoms with van der Waals surface area (Å²) in [5.74, 6) is -0.466. The average molecular weight is 473 g/mol. The van der Waals surface area contributed by atoms with Crippen molar-refractivity contribution < 1.29 is 22.7 Å². The molecule has 166 valence electrons. The van der Waals surface area contributed by atoms with Gasteiger partial charge in [-0.2, -0.15) is 0 Å². The number of benzene rings is 3. The summed E-state index contributed by atoms with van der Waals surface area (Å²) < 4.78 is 33.5. The molecule has 0 spiro atoms. The standard InChI is InChI=1S/C23H21ClN2O5S/c1-31-21-13-11-17(25-23(28)14-12-20(27)16-7-3-2-4-8-16)15-22(21)32(29,30)26-19-10-6-5-9-18(19)24/h2-11,13,15,26H,12,14H2,1H3,(H,25,28). The number of carbonyl (C=O) groups is 2. The van der Waals surface area contributed by atoms with Crippen molar-refractivity contribution in [2.75, 3.05) is 17.1 Å². The zero-order valence-corrected chi connectivity index (χ0v) is 18.7. The molecule has 32 heavy (non-hydrogen) atoms. The van der Waals surface area contributed by atoms with E-state index in [-0.39, 0.29) is 45.7 Å². The van der Waals surface area contributed by atoms with Crippen LogP contribution in [0, 0.1) is 0 Å². The second kappa shape index (κ2) is 10.3. The van der Waals surface area contributed by atoms with Crippen LogP contribution in [0.1, 0.15) is 23.2 Å². The number of halogens is 1. The minimum Gasteiger partial charge on any atom is -0.495 e. The lowest BCUT2D eigenvalue weighted by molar-refractivity contribution is -0.116. The third-order valence-corrected chi connectivity index (χ3v) is 6.25. The molecular weight excluding hydrogens is 452 g/mol. The number of hydrogen-bond donors (Lipinski definition) is 2. The quantitative estimate of drug-likeness (QED) is 0.437. The molecule has 0 bridgehead atoms. The molecule has 0 aliphatic carbocycles. The second-order valence-electron chi connectivity index (χ2n) is 6.79. The molecule has 1 amide bonds. The van der Waals surface area contributed by atoms with Crippen molar-refractivity contribution >= 4 is 44.7 Å². The Bertz CT molecular complexity index is 1230. The number of amides is 1. The predicted molar refractivity (Wildman–Crippen MR) is 124 cm³/mol. The first-order chi connectivity index (χ1) is 15.3. The van der Waals surface area contributed by atoms with Crippen molar-refractivity contribution in [3.63, 3.8) is 0 Å². The molecule has 0 saturated heterocycles. The Hall–Kier alpha value is -3.36. The molecule has 0 aliphatic rings. The van der Waals surface area contributed by atoms with E-state index in [1.807, 2.05) is 0 Å². The van der Waals surface area contributed by atoms with Gasteiger partial charge in [0.2, 0.25) is 5.91 Å². The summed E-state index contributed by atoms with van der Waals surface area (Å²) in [6, 6.07) is 19.3. The molecule has 3 aromatic rings. The minimum atomic E-state index is -4.06. The Morgan fingerprint density at radius 1 is 0.938 bits per heavy atom. The maximum absolute atomic E-state index is 12.9. The lowest BCUT2D eigenvalue weighted by Crippen LogP contribution is -2.16. The highest BCUT2D eigenvalue weighted by molar-refractivity contribution is 7.92. The van der Waals surface area contributed by atoms with E-state index in [4.69, 9.17) is 16.3 Å². The summed E-state index contributed by atoms with van der Waals surface area (Å²) in [5.41, 5.74) is 0.997. The Labute approximate surface area is 191 Å². The topological polar surface area (TPSA) is 102 Å². The molecule has 9 heteroatoms. The van der Waals surface area contributed by atoms with E-state index in [9.17, 15) is 18.0 Å². The van der Waals surface area contributed by atoms with Crippen LogP contribution in [-0.2, 0) is 14.8 Å². The van der Waals surface area contributed by atoms with Crippen molar-refractivity contribution in [1.82, 2.24) is 0 Å². The Kier molecular flexibility index (Phi) is 7.50. The fourth-order valence-electron chi connectivity index (χ4n) is 2.93. The molecular formula is C23H21ClN2O5S. The van der Waals surface area contributed by atoms with Crippen molar-refractivity contribution in [3.05, 3.63) is 83.4 Å². The van der Waals surface area contributed by atoms with Gasteiger partial charge < -0.3 is 10.1 Å². The molecule has 0 aliphatic heterocycles. The van der Waals surface area contributed by atoms with E-state index in [0.717, 1.165) is 0 Å². The number of Topliss-reactive ketones (excluding diaryl/α,β-unsaturated/α-hetero) is 1. The normalized spacial score (nSPS) is 10.9. The molecule has 0 heterocycles. The summed E-state index contributed by atoms with van der Waals surface area (Å²) in [6.45, 7) is 0. The first-order valence-electron chi connectivity index (χ1n) is 9.63. The fraction of sp³-hybridized carbons (Fsp3) is 0.130. The summed E-state index contributed by atoms with van der Waals surface area (Å²) >= 11 is 6.05. The van der Waals surface area contributed by atoms with Crippen LogP contribution in [0.15, 0.2) is 77.7 Å². The van der Waals surface area contributed by atoms with E-state index in [0.29, 0.717) is 5.56 Å². The van der Waals surface area contributed by atoms with Gasteiger partial charge in [-0.1, -0.05) is 54.1 Å². The predicted octanol–water partition coefficient (Wildman–Crippen LogP) is 4.75. The van der Waals surface area contributed by atoms with Crippen LogP contribution in [0.2, 0.25) is 5.02 Å². The smallest absolute Gasteiger partial charge is 0.265 e. The molecule has 0 fully saturated rings. The van der Waals surface area contributed by atoms with Gasteiger partial charge in [-0.3, -0.25) is 14.3 Å². The van der Waals surface area contributed by atoms with Gasteiger partial charge in [0.1, 0.15) is 10.6 Å². The average Bonchev–Trinajstić information content (AvgIpc) is 2.79. The number of rotatable bonds is 9. The molecule has 2 N–H and O–H groups in total. The molecule has 3 aromatic carbocycles. The highest BCUT2D eigenvalue weighted by atomic mass is 35.5. The summed E-state index contributed by atoms with van der Waals surface area (Å²) in [5, 5.41) is 2.86. The molecule has 0 aromatic heterocycles. The zero-order valence-electron chi connectivity index (χ0n) is 17.2. The number of ketones is 1. The third kappa shape index (κ3) is 5.87. The molecule has 0 unspecified atom stereocenters. The number of sulfonamides is 1. The second-order valence-corrected chi connectivity index (χ2v) is 8.85. The van der Waals surface area contributed by atoms with Crippen molar-refractivity contribution in [3.8, 4) is 5.75 Å². The molecule has 7 nitrogen and oxygen atoms in total. The highest BCUT2D eigenvalue weighted by Crippen LogP contribution is 2.30. The van der Waals surface area contributed by atoms with Crippen molar-refractivity contribution in [2.24, 2.45) is 0 Å². The van der Waals surface area contributed by atoms with Crippen LogP contribution >= 0.6 is 11.6 Å². The zero-order chi connectivity index (χ0) is 23.1. The molecule has 0 radical (unpaired) electrons. The van der Waals surface area contributed by atoms with Gasteiger partial charge in [0, 0.05) is 24.1 Å². The van der Waals surface area contributed by atoms with Crippen LogP contribution in [0.5, 0.6) is 5.75 Å². The van der Waals surface area contributed by atoms with E-state index in [1.54, 1.807) is 48.5 Å². The lowest BCUT2D eigenvalue weighted by atomic mass is 10.1. The summed E-state index contributed by atoms with van der Waals surface area (Å²) in [4.78, 5) is 24.3. The summed E-state index contributed by atoms with van der Waals surface area (Å²) in [7, 11) is -2.72. The highest BCUT2D eigenvalue weighted by Gasteiger charge is 2.22. The van der Waals surface area contributed by atoms with E-state index < -0.39 is 15.9 Å². The van der Waals surface area contributed by atoms with Gasteiger partial charge in [0.05, 0.1) is 17.8 Å². The number of carbonyl (C=O) groups excluding carboxylic acids is 2. The number of para-hydroxylation sites is 1. The largest absolute Gasteiger partial charge is 0.495 e. The molecule has 3 rings (SSSR count). The monoisotopic (exact) mass is 472 g/mol. The van der Waals surface area contributed by atoms with Crippen LogP contribution in [0.4, 0.5) is 11.4 Å². The Balaban J connectivity index is 1.73. The first-order valence-corrected chi connectivity index (χ1v) is 11.5. The fourth-order valence-corrected chi connectivity index (χ4v) is 4.44. The van der Waals surface area contributed by atoms with E-state index in [2.05, 4.69) is 10.0 Å². The first kappa shape index (κ1) is 23.3. The van der Waals surface area contributed by atoms with Crippen LogP contribution < -0.4 is 14.8 Å². The van der Waals surface area contributed by atoms with Gasteiger partial charge in [0.25, 0.3) is 10.0 Å². The lowest BCUT2D eigenvalue weighted by Gasteiger charge is -2.14. The van der Waals surface area contributed by atoms with Crippen molar-refractivity contribution in [2.45, 2.75) is 17.7 Å². The van der Waals surface area contributed by atoms with E-state index >= 15 is 0 Å². The Morgan fingerprint density at radius 2 is 1.62 bits per heavy atom. The van der Waals surface area contributed by atoms with Gasteiger partial charge in [-0.25, -0.2) is 8.42 Å². The van der Waals surface area contributed by atoms with Crippen LogP contribution in [0.25, 0.3) is 0 Å². The van der Waals surface area contributed by atoms with Gasteiger partial charge in [0.15, 0.2) is 5.78 Å². The SMILES string of the molecule is COc1ccc(NC(=O)CCC(=O)c2ccccc2)cc1S(=O)(=O)Nc1ccccc1Cl. The van der Waals surface area contributed by atoms with Crippen LogP contribution in [0.3, 0.4) is 0 Å². The molecule has 0 saturated carbocycles. The summed E-state index contributed by atoms with van der Waals surface area (Å²) in [6.07, 6.45) is -0.00900. The number of nitrogens with one attached hydrogen (secondary N) is 2. The van der Waals surface area contributed by atoms with Gasteiger partial charge in [-0.15, -0.1) is 0 Å². The molecule has 0 atom stereocenters. The van der Waals surface area contributed by atoms with E-state index in [1.165, 1.54) is 31.4 Å². The Morgan fingerprint density at radius 3 is 2.31 bits per heavy atom.